The van der Waals surface area contributed by atoms with E-state index in [9.17, 15) is 10.1 Å². The Kier molecular flexibility index (Phi) is 5.42. The Bertz CT molecular complexity index is 1260. The average Bonchev–Trinajstić information content (AvgIpc) is 3.28. The van der Waals surface area contributed by atoms with E-state index in [1.54, 1.807) is 17.0 Å². The maximum Gasteiger partial charge on any atom is 0.415 e. The third-order valence-corrected chi connectivity index (χ3v) is 5.70. The van der Waals surface area contributed by atoms with Crippen LogP contribution in [-0.2, 0) is 4.74 Å². The fourth-order valence-corrected chi connectivity index (χ4v) is 4.10. The number of allylic oxidation sites excluding steroid dienone is 1. The fraction of sp³-hybridized carbons (Fsp3) is 0.208. The molecular formula is C24H21N5O4. The number of nitriles is 1. The number of amides is 1. The third kappa shape index (κ3) is 3.77. The number of nitrogens with two attached hydrogens (primary N) is 1. The fourth-order valence-electron chi connectivity index (χ4n) is 4.10. The van der Waals surface area contributed by atoms with Crippen molar-refractivity contribution in [3.05, 3.63) is 77.2 Å². The quantitative estimate of drug-likeness (QED) is 0.637. The molecule has 9 nitrogen and oxygen atoms in total. The second-order valence-electron chi connectivity index (χ2n) is 7.61. The first-order valence-corrected chi connectivity index (χ1v) is 10.5. The van der Waals surface area contributed by atoms with Crippen molar-refractivity contribution < 1.29 is 19.0 Å². The van der Waals surface area contributed by atoms with Crippen LogP contribution in [0.1, 0.15) is 17.0 Å². The highest BCUT2D eigenvalue weighted by atomic mass is 16.6. The Morgan fingerprint density at radius 2 is 1.88 bits per heavy atom. The van der Waals surface area contributed by atoms with Gasteiger partial charge in [-0.15, -0.1) is 5.10 Å². The lowest BCUT2D eigenvalue weighted by Crippen LogP contribution is -2.42. The summed E-state index contributed by atoms with van der Waals surface area (Å²) in [5, 5.41) is 17.3. The molecule has 1 aromatic heterocycles. The summed E-state index contributed by atoms with van der Waals surface area (Å²) in [5.74, 6) is -0.0471. The van der Waals surface area contributed by atoms with Crippen molar-refractivity contribution >= 4 is 6.09 Å². The van der Waals surface area contributed by atoms with Gasteiger partial charge >= 0.3 is 6.09 Å². The van der Waals surface area contributed by atoms with Crippen LogP contribution in [0.3, 0.4) is 0 Å². The number of nitrogens with zero attached hydrogens (tertiary/aromatic N) is 3. The second-order valence-corrected chi connectivity index (χ2v) is 7.61. The zero-order valence-corrected chi connectivity index (χ0v) is 17.7. The largest absolute Gasteiger partial charge is 0.420 e. The summed E-state index contributed by atoms with van der Waals surface area (Å²) in [7, 11) is 0. The number of carbonyl (C=O) groups excluding carboxylic acids is 1. The van der Waals surface area contributed by atoms with Gasteiger partial charge in [0.2, 0.25) is 11.8 Å². The Hall–Kier alpha value is -4.29. The van der Waals surface area contributed by atoms with E-state index in [1.807, 2.05) is 42.5 Å². The van der Waals surface area contributed by atoms with Crippen LogP contribution in [0, 0.1) is 11.3 Å². The van der Waals surface area contributed by atoms with Gasteiger partial charge < -0.3 is 24.8 Å². The molecule has 2 aliphatic rings. The van der Waals surface area contributed by atoms with Crippen LogP contribution >= 0.6 is 0 Å². The molecule has 1 saturated heterocycles. The molecule has 0 radical (unpaired) electrons. The Labute approximate surface area is 190 Å². The van der Waals surface area contributed by atoms with E-state index >= 15 is 0 Å². The van der Waals surface area contributed by atoms with Crippen molar-refractivity contribution in [3.63, 3.8) is 0 Å². The molecule has 3 N–H and O–H groups in total. The molecule has 9 heteroatoms. The molecule has 1 amide bonds. The van der Waals surface area contributed by atoms with Crippen molar-refractivity contribution in [3.8, 4) is 29.0 Å². The number of rotatable bonds is 3. The topological polar surface area (TPSA) is 126 Å². The summed E-state index contributed by atoms with van der Waals surface area (Å²) < 4.78 is 16.8. The number of ether oxygens (including phenoxy) is 3. The first-order valence-electron chi connectivity index (χ1n) is 10.5. The van der Waals surface area contributed by atoms with Crippen LogP contribution in [0.4, 0.5) is 4.79 Å². The van der Waals surface area contributed by atoms with E-state index in [0.717, 1.165) is 5.56 Å². The Morgan fingerprint density at radius 3 is 2.64 bits per heavy atom. The highest BCUT2D eigenvalue weighted by molar-refractivity contribution is 5.74. The van der Waals surface area contributed by atoms with Gasteiger partial charge in [0.1, 0.15) is 17.4 Å². The summed E-state index contributed by atoms with van der Waals surface area (Å²) in [6, 6.07) is 18.9. The molecule has 3 aromatic rings. The molecule has 0 unspecified atom stereocenters. The van der Waals surface area contributed by atoms with Crippen LogP contribution in [0.15, 0.2) is 66.1 Å². The summed E-state index contributed by atoms with van der Waals surface area (Å²) in [6.45, 7) is 1.85. The van der Waals surface area contributed by atoms with Crippen molar-refractivity contribution in [1.29, 1.82) is 5.26 Å². The van der Waals surface area contributed by atoms with Gasteiger partial charge in [-0.1, -0.05) is 48.5 Å². The third-order valence-electron chi connectivity index (χ3n) is 5.70. The van der Waals surface area contributed by atoms with Crippen LogP contribution in [-0.4, -0.2) is 47.5 Å². The molecule has 2 aromatic carbocycles. The molecule has 0 aliphatic carbocycles. The van der Waals surface area contributed by atoms with E-state index in [1.165, 1.54) is 0 Å². The number of H-pyrrole nitrogens is 1. The minimum absolute atomic E-state index is 0.0320. The van der Waals surface area contributed by atoms with Crippen molar-refractivity contribution in [2.45, 2.75) is 5.92 Å². The molecule has 2 aliphatic heterocycles. The van der Waals surface area contributed by atoms with Crippen LogP contribution < -0.4 is 15.2 Å². The number of aromatic amines is 1. The first-order chi connectivity index (χ1) is 16.2. The minimum atomic E-state index is -0.638. The standard InChI is InChI=1S/C24H21N5O4/c25-14-17-19(16-8-4-5-9-18(16)32-24(30)29-10-12-31-13-11-29)20-21(15-6-2-1-3-7-15)27-28-23(20)33-22(17)26/h1-9,19H,10-13,26H2,(H,27,28)/t19-/m1/s1. The molecule has 166 valence electrons. The van der Waals surface area contributed by atoms with Gasteiger partial charge in [-0.05, 0) is 11.6 Å². The van der Waals surface area contributed by atoms with Crippen molar-refractivity contribution in [2.24, 2.45) is 5.73 Å². The van der Waals surface area contributed by atoms with Crippen molar-refractivity contribution in [1.82, 2.24) is 15.1 Å². The highest BCUT2D eigenvalue weighted by Gasteiger charge is 2.37. The number of morpholine rings is 1. The monoisotopic (exact) mass is 443 g/mol. The minimum Gasteiger partial charge on any atom is -0.420 e. The van der Waals surface area contributed by atoms with Crippen LogP contribution in [0.5, 0.6) is 11.6 Å². The second kappa shape index (κ2) is 8.68. The highest BCUT2D eigenvalue weighted by Crippen LogP contribution is 2.47. The number of benzene rings is 2. The van der Waals surface area contributed by atoms with Gasteiger partial charge in [-0.2, -0.15) is 5.26 Å². The van der Waals surface area contributed by atoms with E-state index in [4.69, 9.17) is 19.9 Å². The lowest BCUT2D eigenvalue weighted by atomic mass is 9.82. The van der Waals surface area contributed by atoms with E-state index in [2.05, 4.69) is 16.3 Å². The van der Waals surface area contributed by atoms with E-state index in [0.29, 0.717) is 48.9 Å². The first kappa shape index (κ1) is 20.6. The van der Waals surface area contributed by atoms with Crippen LogP contribution in [0.25, 0.3) is 11.3 Å². The maximum absolute atomic E-state index is 12.8. The zero-order chi connectivity index (χ0) is 22.8. The van der Waals surface area contributed by atoms with Gasteiger partial charge in [0.15, 0.2) is 0 Å². The summed E-state index contributed by atoms with van der Waals surface area (Å²) in [4.78, 5) is 14.4. The summed E-state index contributed by atoms with van der Waals surface area (Å²) >= 11 is 0. The Balaban J connectivity index is 1.60. The summed E-state index contributed by atoms with van der Waals surface area (Å²) in [5.41, 5.74) is 9.16. The van der Waals surface area contributed by atoms with Crippen molar-refractivity contribution in [2.75, 3.05) is 26.3 Å². The van der Waals surface area contributed by atoms with E-state index in [-0.39, 0.29) is 17.3 Å². The predicted molar refractivity (Wildman–Crippen MR) is 118 cm³/mol. The smallest absolute Gasteiger partial charge is 0.415 e. The van der Waals surface area contributed by atoms with Gasteiger partial charge in [-0.3, -0.25) is 5.10 Å². The molecule has 5 rings (SSSR count). The molecule has 0 spiro atoms. The zero-order valence-electron chi connectivity index (χ0n) is 17.7. The molecule has 0 bridgehead atoms. The predicted octanol–water partition coefficient (Wildman–Crippen LogP) is 3.13. The number of carbonyl (C=O) groups is 1. The lowest BCUT2D eigenvalue weighted by Gasteiger charge is -2.28. The molecule has 3 heterocycles. The molecule has 33 heavy (non-hydrogen) atoms. The number of para-hydroxylation sites is 1. The summed E-state index contributed by atoms with van der Waals surface area (Å²) in [6.07, 6.45) is -0.469. The average molecular weight is 443 g/mol. The maximum atomic E-state index is 12.8. The molecular weight excluding hydrogens is 422 g/mol. The number of hydrogen-bond acceptors (Lipinski definition) is 7. The molecule has 1 fully saturated rings. The van der Waals surface area contributed by atoms with E-state index < -0.39 is 12.0 Å². The number of aromatic nitrogens is 2. The molecule has 1 atom stereocenters. The normalized spacial score (nSPS) is 17.7. The number of nitrogens with one attached hydrogen (secondary N) is 1. The van der Waals surface area contributed by atoms with Gasteiger partial charge in [0.25, 0.3) is 0 Å². The number of hydrogen-bond donors (Lipinski definition) is 2. The van der Waals surface area contributed by atoms with Gasteiger partial charge in [0, 0.05) is 18.7 Å². The SMILES string of the molecule is N#CC1=C(N)Oc2n[nH]c(-c3ccccc3)c2[C@@H]1c1ccccc1OC(=O)N1CCOCC1. The molecule has 0 saturated carbocycles. The Morgan fingerprint density at radius 1 is 1.15 bits per heavy atom. The lowest BCUT2D eigenvalue weighted by molar-refractivity contribution is 0.0415. The number of fused-ring (bicyclic) bond motifs is 1. The van der Waals surface area contributed by atoms with Gasteiger partial charge in [-0.25, -0.2) is 4.79 Å². The van der Waals surface area contributed by atoms with Gasteiger partial charge in [0.05, 0.1) is 30.4 Å². The van der Waals surface area contributed by atoms with Crippen LogP contribution in [0.2, 0.25) is 0 Å².